The Bertz CT molecular complexity index is 29.5. The number of nitrogens with zero attached hydrogens (tertiary/aromatic N) is 1. The summed E-state index contributed by atoms with van der Waals surface area (Å²) in [4.78, 5) is 0. The van der Waals surface area contributed by atoms with Crippen molar-refractivity contribution >= 4 is 12.6 Å². The van der Waals surface area contributed by atoms with Crippen LogP contribution < -0.4 is 0 Å². The van der Waals surface area contributed by atoms with Crippen LogP contribution in [0.1, 0.15) is 0 Å². The minimum atomic E-state index is 0. The molecule has 0 amide bonds. The Balaban J connectivity index is 0. The van der Waals surface area contributed by atoms with Gasteiger partial charge in [0.05, 0.1) is 0 Å². The maximum atomic E-state index is 7.18. The minimum Gasteiger partial charge on any atom is -0.185 e. The van der Waals surface area contributed by atoms with Crippen LogP contribution in [0.4, 0.5) is 0 Å². The van der Waals surface area contributed by atoms with Crippen molar-refractivity contribution in [3.63, 3.8) is 0 Å². The van der Waals surface area contributed by atoms with Gasteiger partial charge in [-0.15, -0.1) is 0 Å². The summed E-state index contributed by atoms with van der Waals surface area (Å²) in [5, 5.41) is 8.63. The Morgan fingerprint density at radius 1 is 1.75 bits per heavy atom. The zero-order chi connectivity index (χ0) is 2.71. The smallest absolute Gasteiger partial charge is 0.130 e. The molecule has 0 radical (unpaired) electrons. The quantitative estimate of drug-likeness (QED) is 0.447. The van der Waals surface area contributed by atoms with E-state index in [4.69, 9.17) is 5.26 Å². The fourth-order valence-corrected chi connectivity index (χ4v) is 0. The van der Waals surface area contributed by atoms with Gasteiger partial charge >= 0.3 is 0 Å². The van der Waals surface area contributed by atoms with Gasteiger partial charge in [0.15, 0.2) is 0 Å². The molecule has 0 aromatic carbocycles. The predicted octanol–water partition coefficient (Wildman–Crippen LogP) is 0.397. The molecule has 0 bridgehead atoms. The maximum absolute atomic E-state index is 7.18. The molecule has 0 saturated heterocycles. The molecule has 0 fully saturated rings. The fraction of sp³-hybridized carbons (Fsp3) is 0. The molecule has 0 unspecified atom stereocenters. The summed E-state index contributed by atoms with van der Waals surface area (Å²) >= 11 is 3.09. The molecule has 0 atom stereocenters. The first-order valence-electron chi connectivity index (χ1n) is 0.447. The van der Waals surface area contributed by atoms with E-state index in [0.29, 0.717) is 0 Å². The normalized spacial score (nSPS) is 2.00. The SMILES string of the molecule is N#CS.[Nd]. The molecule has 0 aliphatic carbocycles. The van der Waals surface area contributed by atoms with Crippen molar-refractivity contribution in [1.82, 2.24) is 0 Å². The van der Waals surface area contributed by atoms with Crippen molar-refractivity contribution < 1.29 is 40.8 Å². The molecular weight excluding hydrogens is 202 g/mol. The van der Waals surface area contributed by atoms with Crippen LogP contribution in [0, 0.1) is 51.5 Å². The molecular formula is CHNNdS. The van der Waals surface area contributed by atoms with Crippen LogP contribution in [0.25, 0.3) is 0 Å². The van der Waals surface area contributed by atoms with Gasteiger partial charge in [0.2, 0.25) is 0 Å². The van der Waals surface area contributed by atoms with Gasteiger partial charge in [0, 0.05) is 40.8 Å². The number of rotatable bonds is 0. The van der Waals surface area contributed by atoms with Crippen molar-refractivity contribution in [2.75, 3.05) is 0 Å². The summed E-state index contributed by atoms with van der Waals surface area (Å²) in [5.74, 6) is 0. The van der Waals surface area contributed by atoms with Gasteiger partial charge in [-0.3, -0.25) is 0 Å². The van der Waals surface area contributed by atoms with E-state index in [2.05, 4.69) is 12.6 Å². The monoisotopic (exact) mass is 201 g/mol. The summed E-state index contributed by atoms with van der Waals surface area (Å²) in [6, 6.07) is 0. The number of hydrogen-bond acceptors (Lipinski definition) is 2. The molecule has 1 nitrogen and oxygen atoms in total. The molecule has 0 aliphatic rings. The molecule has 0 saturated carbocycles. The molecule has 4 heavy (non-hydrogen) atoms. The molecule has 20 valence electrons. The van der Waals surface area contributed by atoms with Crippen molar-refractivity contribution in [2.45, 2.75) is 0 Å². The zero-order valence-corrected chi connectivity index (χ0v) is 6.00. The Morgan fingerprint density at radius 2 is 1.75 bits per heavy atom. The topological polar surface area (TPSA) is 23.8 Å². The second-order valence-corrected chi connectivity index (χ2v) is 0.300. The Labute approximate surface area is 63.3 Å². The molecule has 0 N–H and O–H groups in total. The van der Waals surface area contributed by atoms with Crippen molar-refractivity contribution in [1.29, 1.82) is 5.26 Å². The van der Waals surface area contributed by atoms with Crippen LogP contribution in [0.5, 0.6) is 0 Å². The third-order valence-corrected chi connectivity index (χ3v) is 0. The average Bonchev–Trinajstić information content (AvgIpc) is 0.918. The molecule has 0 spiro atoms. The van der Waals surface area contributed by atoms with Gasteiger partial charge in [0.1, 0.15) is 5.40 Å². The first kappa shape index (κ1) is 8.95. The summed E-state index contributed by atoms with van der Waals surface area (Å²) in [7, 11) is 0. The average molecular weight is 203 g/mol. The van der Waals surface area contributed by atoms with Crippen LogP contribution in [-0.4, -0.2) is 0 Å². The Kier molecular flexibility index (Phi) is 19.9. The summed E-state index contributed by atoms with van der Waals surface area (Å²) < 4.78 is 0. The van der Waals surface area contributed by atoms with Gasteiger partial charge < -0.3 is 0 Å². The minimum absolute atomic E-state index is 0. The van der Waals surface area contributed by atoms with E-state index in [1.807, 2.05) is 0 Å². The van der Waals surface area contributed by atoms with Gasteiger partial charge in [0.25, 0.3) is 0 Å². The van der Waals surface area contributed by atoms with Crippen molar-refractivity contribution in [3.05, 3.63) is 0 Å². The summed E-state index contributed by atoms with van der Waals surface area (Å²) in [5.41, 5.74) is 0. The third-order valence-electron chi connectivity index (χ3n) is 0. The van der Waals surface area contributed by atoms with Gasteiger partial charge in [-0.2, -0.15) is 5.26 Å². The molecule has 0 aliphatic heterocycles. The summed E-state index contributed by atoms with van der Waals surface area (Å²) in [6.07, 6.45) is 0. The van der Waals surface area contributed by atoms with Crippen LogP contribution in [0.2, 0.25) is 0 Å². The Morgan fingerprint density at radius 3 is 1.75 bits per heavy atom. The Hall–Kier alpha value is 1.19. The molecule has 0 aromatic rings. The first-order valence-corrected chi connectivity index (χ1v) is 0.894. The van der Waals surface area contributed by atoms with E-state index < -0.39 is 0 Å². The fourth-order valence-electron chi connectivity index (χ4n) is 0. The number of nitriles is 1. The third kappa shape index (κ3) is 10.8. The van der Waals surface area contributed by atoms with E-state index in [0.717, 1.165) is 0 Å². The second-order valence-electron chi connectivity index (χ2n) is 0.100. The van der Waals surface area contributed by atoms with Gasteiger partial charge in [-0.1, -0.05) is 12.6 Å². The maximum Gasteiger partial charge on any atom is 0.130 e. The first-order chi connectivity index (χ1) is 1.41. The largest absolute Gasteiger partial charge is 0.185 e. The van der Waals surface area contributed by atoms with Crippen LogP contribution in [0.15, 0.2) is 0 Å². The van der Waals surface area contributed by atoms with Crippen LogP contribution >= 0.6 is 12.6 Å². The molecule has 0 rings (SSSR count). The van der Waals surface area contributed by atoms with Crippen molar-refractivity contribution in [3.8, 4) is 5.40 Å². The summed E-state index contributed by atoms with van der Waals surface area (Å²) in [6.45, 7) is 0. The van der Waals surface area contributed by atoms with Gasteiger partial charge in [-0.25, -0.2) is 0 Å². The second kappa shape index (κ2) is 8.89. The molecule has 0 heterocycles. The predicted molar refractivity (Wildman–Crippen MR) is 14.6 cm³/mol. The van der Waals surface area contributed by atoms with Crippen LogP contribution in [-0.2, 0) is 0 Å². The number of thiol groups is 1. The molecule has 0 aromatic heterocycles. The standard InChI is InChI=1S/CHNS.Nd/c2-1-3;/h3H;. The van der Waals surface area contributed by atoms with E-state index in [1.54, 1.807) is 0 Å². The number of hydrogen-bond donors (Lipinski definition) is 1. The van der Waals surface area contributed by atoms with E-state index >= 15 is 0 Å². The van der Waals surface area contributed by atoms with Crippen molar-refractivity contribution in [2.24, 2.45) is 0 Å². The molecule has 3 heteroatoms. The van der Waals surface area contributed by atoms with Gasteiger partial charge in [-0.05, 0) is 0 Å². The van der Waals surface area contributed by atoms with E-state index in [9.17, 15) is 0 Å². The van der Waals surface area contributed by atoms with E-state index in [1.165, 1.54) is 5.40 Å². The van der Waals surface area contributed by atoms with E-state index in [-0.39, 0.29) is 40.8 Å². The number of thiocyanates is 1. The zero-order valence-electron chi connectivity index (χ0n) is 1.89. The van der Waals surface area contributed by atoms with Crippen LogP contribution in [0.3, 0.4) is 0 Å².